The molecule has 0 radical (unpaired) electrons. The number of nitriles is 1. The van der Waals surface area contributed by atoms with Crippen molar-refractivity contribution in [3.8, 4) is 17.2 Å². The molecule has 138 valence electrons. The molecule has 2 aromatic carbocycles. The minimum Gasteiger partial charge on any atom is -0.398 e. The quantitative estimate of drug-likeness (QED) is 0.649. The molecule has 0 amide bonds. The van der Waals surface area contributed by atoms with E-state index in [4.69, 9.17) is 5.73 Å². The van der Waals surface area contributed by atoms with Gasteiger partial charge in [0, 0.05) is 28.9 Å². The van der Waals surface area contributed by atoms with Gasteiger partial charge in [-0.1, -0.05) is 12.1 Å². The Kier molecular flexibility index (Phi) is 4.37. The van der Waals surface area contributed by atoms with Gasteiger partial charge in [-0.3, -0.25) is 0 Å². The van der Waals surface area contributed by atoms with Crippen molar-refractivity contribution in [2.75, 3.05) is 5.73 Å². The number of hydrogen-bond acceptors (Lipinski definition) is 3. The molecule has 1 aliphatic carbocycles. The van der Waals surface area contributed by atoms with Gasteiger partial charge in [-0.15, -0.1) is 0 Å². The summed E-state index contributed by atoms with van der Waals surface area (Å²) >= 11 is 0. The van der Waals surface area contributed by atoms with Crippen molar-refractivity contribution in [1.82, 2.24) is 4.57 Å². The molecule has 1 aliphatic rings. The zero-order valence-electron chi connectivity index (χ0n) is 15.2. The fraction of sp³-hybridized carbons (Fsp3) is 0.318. The number of hydrogen-bond donors (Lipinski definition) is 2. The normalized spacial score (nSPS) is 19.9. The second-order valence-corrected chi connectivity index (χ2v) is 7.39. The minimum absolute atomic E-state index is 0.0436. The molecule has 1 fully saturated rings. The Balaban J connectivity index is 1.96. The third kappa shape index (κ3) is 2.96. The topological polar surface area (TPSA) is 75.0 Å². The largest absolute Gasteiger partial charge is 0.398 e. The minimum atomic E-state index is -0.504. The van der Waals surface area contributed by atoms with Gasteiger partial charge in [0.05, 0.1) is 17.2 Å². The molecule has 1 saturated carbocycles. The Hall–Kier alpha value is -2.84. The summed E-state index contributed by atoms with van der Waals surface area (Å²) < 4.78 is 16.5. The van der Waals surface area contributed by atoms with Crippen molar-refractivity contribution in [3.05, 3.63) is 53.5 Å². The SMILES string of the molecule is Cc1c(N)cccc1-c1cn([C@H]2CC[C@H](O)CC2)c2cc(F)c(C#N)cc12. The smallest absolute Gasteiger partial charge is 0.143 e. The number of nitrogens with two attached hydrogens (primary N) is 1. The van der Waals surface area contributed by atoms with E-state index in [2.05, 4.69) is 10.8 Å². The van der Waals surface area contributed by atoms with E-state index in [-0.39, 0.29) is 17.7 Å². The van der Waals surface area contributed by atoms with Crippen molar-refractivity contribution in [2.24, 2.45) is 0 Å². The van der Waals surface area contributed by atoms with E-state index in [9.17, 15) is 14.8 Å². The van der Waals surface area contributed by atoms with Crippen LogP contribution in [0.15, 0.2) is 36.5 Å². The van der Waals surface area contributed by atoms with Crippen LogP contribution in [0.1, 0.15) is 42.9 Å². The van der Waals surface area contributed by atoms with Gasteiger partial charge in [0.1, 0.15) is 11.9 Å². The van der Waals surface area contributed by atoms with E-state index >= 15 is 0 Å². The number of nitrogen functional groups attached to an aromatic ring is 1. The number of nitrogens with zero attached hydrogens (tertiary/aromatic N) is 2. The van der Waals surface area contributed by atoms with Crippen LogP contribution in [-0.2, 0) is 0 Å². The summed E-state index contributed by atoms with van der Waals surface area (Å²) in [6, 6.07) is 11.0. The summed E-state index contributed by atoms with van der Waals surface area (Å²) in [4.78, 5) is 0. The van der Waals surface area contributed by atoms with Gasteiger partial charge < -0.3 is 15.4 Å². The maximum absolute atomic E-state index is 14.4. The van der Waals surface area contributed by atoms with Crippen LogP contribution in [0.2, 0.25) is 0 Å². The summed E-state index contributed by atoms with van der Waals surface area (Å²) in [5.41, 5.74) is 10.5. The third-order valence-electron chi connectivity index (χ3n) is 5.77. The number of benzene rings is 2. The van der Waals surface area contributed by atoms with E-state index in [0.29, 0.717) is 5.69 Å². The molecular formula is C22H22FN3O. The lowest BCUT2D eigenvalue weighted by molar-refractivity contribution is 0.111. The van der Waals surface area contributed by atoms with E-state index < -0.39 is 5.82 Å². The fourth-order valence-electron chi connectivity index (χ4n) is 4.15. The molecule has 1 heterocycles. The first-order valence-corrected chi connectivity index (χ1v) is 9.27. The Morgan fingerprint density at radius 3 is 2.63 bits per heavy atom. The molecule has 1 aromatic heterocycles. The van der Waals surface area contributed by atoms with Gasteiger partial charge in [0.25, 0.3) is 0 Å². The van der Waals surface area contributed by atoms with E-state index in [1.807, 2.05) is 31.2 Å². The van der Waals surface area contributed by atoms with E-state index in [1.54, 1.807) is 6.07 Å². The summed E-state index contributed by atoms with van der Waals surface area (Å²) in [6.07, 6.45) is 4.99. The summed E-state index contributed by atoms with van der Waals surface area (Å²) in [6.45, 7) is 1.97. The van der Waals surface area contributed by atoms with Gasteiger partial charge in [-0.2, -0.15) is 5.26 Å². The Labute approximate surface area is 157 Å². The van der Waals surface area contributed by atoms with Crippen LogP contribution in [-0.4, -0.2) is 15.8 Å². The van der Waals surface area contributed by atoms with Crippen LogP contribution in [0, 0.1) is 24.1 Å². The molecular weight excluding hydrogens is 341 g/mol. The zero-order chi connectivity index (χ0) is 19.1. The summed E-state index contributed by atoms with van der Waals surface area (Å²) in [7, 11) is 0. The van der Waals surface area contributed by atoms with Crippen molar-refractivity contribution in [3.63, 3.8) is 0 Å². The van der Waals surface area contributed by atoms with Crippen LogP contribution in [0.5, 0.6) is 0 Å². The van der Waals surface area contributed by atoms with Crippen molar-refractivity contribution < 1.29 is 9.50 Å². The van der Waals surface area contributed by atoms with Gasteiger partial charge in [-0.25, -0.2) is 4.39 Å². The lowest BCUT2D eigenvalue weighted by Crippen LogP contribution is -2.20. The molecule has 4 nitrogen and oxygen atoms in total. The second-order valence-electron chi connectivity index (χ2n) is 7.39. The Morgan fingerprint density at radius 1 is 1.19 bits per heavy atom. The molecule has 5 heteroatoms. The fourth-order valence-corrected chi connectivity index (χ4v) is 4.15. The highest BCUT2D eigenvalue weighted by atomic mass is 19.1. The number of aliphatic hydroxyl groups excluding tert-OH is 1. The first kappa shape index (κ1) is 17.6. The number of anilines is 1. The van der Waals surface area contributed by atoms with Crippen LogP contribution in [0.25, 0.3) is 22.0 Å². The van der Waals surface area contributed by atoms with Gasteiger partial charge in [0.2, 0.25) is 0 Å². The maximum atomic E-state index is 14.4. The maximum Gasteiger partial charge on any atom is 0.143 e. The predicted molar refractivity (Wildman–Crippen MR) is 105 cm³/mol. The van der Waals surface area contributed by atoms with Crippen LogP contribution < -0.4 is 5.73 Å². The number of fused-ring (bicyclic) bond motifs is 1. The molecule has 4 rings (SSSR count). The summed E-state index contributed by atoms with van der Waals surface area (Å²) in [5.74, 6) is -0.504. The van der Waals surface area contributed by atoms with Crippen LogP contribution in [0.4, 0.5) is 10.1 Å². The second kappa shape index (κ2) is 6.71. The average molecular weight is 363 g/mol. The van der Waals surface area contributed by atoms with Gasteiger partial charge in [-0.05, 0) is 61.9 Å². The molecule has 0 unspecified atom stereocenters. The zero-order valence-corrected chi connectivity index (χ0v) is 15.2. The monoisotopic (exact) mass is 363 g/mol. The molecule has 0 bridgehead atoms. The number of aromatic nitrogens is 1. The van der Waals surface area contributed by atoms with Gasteiger partial charge >= 0.3 is 0 Å². The molecule has 0 atom stereocenters. The molecule has 3 aromatic rings. The lowest BCUT2D eigenvalue weighted by Gasteiger charge is -2.27. The van der Waals surface area contributed by atoms with E-state index in [0.717, 1.165) is 53.3 Å². The van der Waals surface area contributed by atoms with Gasteiger partial charge in [0.15, 0.2) is 0 Å². The number of aliphatic hydroxyl groups is 1. The van der Waals surface area contributed by atoms with Crippen molar-refractivity contribution in [2.45, 2.75) is 44.8 Å². The Morgan fingerprint density at radius 2 is 1.93 bits per heavy atom. The highest BCUT2D eigenvalue weighted by molar-refractivity contribution is 5.98. The lowest BCUT2D eigenvalue weighted by atomic mass is 9.93. The standard InChI is InChI=1S/C22H22FN3O/c1-13-17(3-2-4-21(13)25)19-12-26(15-5-7-16(27)8-6-15)22-10-20(23)14(11-24)9-18(19)22/h2-4,9-10,12,15-16,27H,5-8,25H2,1H3/t15-,16-. The molecule has 0 aliphatic heterocycles. The first-order chi connectivity index (χ1) is 13.0. The third-order valence-corrected chi connectivity index (χ3v) is 5.77. The highest BCUT2D eigenvalue weighted by Gasteiger charge is 2.24. The van der Waals surface area contributed by atoms with Crippen LogP contribution >= 0.6 is 0 Å². The Bertz CT molecular complexity index is 1060. The van der Waals surface area contributed by atoms with Crippen LogP contribution in [0.3, 0.4) is 0 Å². The highest BCUT2D eigenvalue weighted by Crippen LogP contribution is 2.39. The molecule has 27 heavy (non-hydrogen) atoms. The van der Waals surface area contributed by atoms with E-state index in [1.165, 1.54) is 6.07 Å². The number of halogens is 1. The van der Waals surface area contributed by atoms with Crippen molar-refractivity contribution >= 4 is 16.6 Å². The molecule has 0 spiro atoms. The predicted octanol–water partition coefficient (Wildman–Crippen LogP) is 4.69. The average Bonchev–Trinajstić information content (AvgIpc) is 3.02. The van der Waals surface area contributed by atoms with Crippen molar-refractivity contribution in [1.29, 1.82) is 5.26 Å². The summed E-state index contributed by atoms with van der Waals surface area (Å²) in [5, 5.41) is 20.0. The molecule has 0 saturated heterocycles. The number of rotatable bonds is 2. The molecule has 3 N–H and O–H groups in total. The first-order valence-electron chi connectivity index (χ1n) is 9.27.